The third-order valence-corrected chi connectivity index (χ3v) is 4.04. The molecule has 0 aliphatic heterocycles. The highest BCUT2D eigenvalue weighted by Gasteiger charge is 2.17. The van der Waals surface area contributed by atoms with Gasteiger partial charge in [-0.05, 0) is 36.8 Å². The minimum atomic E-state index is -0.636. The number of anilines is 1. The van der Waals surface area contributed by atoms with Gasteiger partial charge in [-0.15, -0.1) is 0 Å². The lowest BCUT2D eigenvalue weighted by atomic mass is 10.1. The van der Waals surface area contributed by atoms with Crippen LogP contribution in [0, 0.1) is 12.9 Å². The number of para-hydroxylation sites is 1. The molecule has 0 aliphatic rings. The fourth-order valence-corrected chi connectivity index (χ4v) is 2.64. The van der Waals surface area contributed by atoms with Gasteiger partial charge in [-0.3, -0.25) is 9.78 Å². The highest BCUT2D eigenvalue weighted by atomic mass is 19.1. The van der Waals surface area contributed by atoms with E-state index in [0.717, 1.165) is 0 Å². The first-order valence-electron chi connectivity index (χ1n) is 8.40. The number of nitrogens with one attached hydrogen (secondary N) is 1. The Morgan fingerprint density at radius 3 is 2.71 bits per heavy atom. The fraction of sp³-hybridized carbons (Fsp3) is 0.0500. The average Bonchev–Trinajstić information content (AvgIpc) is 3.20. The van der Waals surface area contributed by atoms with Gasteiger partial charge in [0.15, 0.2) is 0 Å². The normalized spacial score (nSPS) is 10.6. The second-order valence-corrected chi connectivity index (χ2v) is 5.96. The summed E-state index contributed by atoms with van der Waals surface area (Å²) >= 11 is 0. The molecule has 28 heavy (non-hydrogen) atoms. The summed E-state index contributed by atoms with van der Waals surface area (Å²) in [4.78, 5) is 24.4. The van der Waals surface area contributed by atoms with Gasteiger partial charge in [0.2, 0.25) is 11.8 Å². The maximum Gasteiger partial charge on any atom is 0.274 e. The van der Waals surface area contributed by atoms with Crippen molar-refractivity contribution in [3.63, 3.8) is 0 Å². The zero-order valence-electron chi connectivity index (χ0n) is 14.8. The molecule has 8 heteroatoms. The van der Waals surface area contributed by atoms with Crippen LogP contribution in [-0.4, -0.2) is 26.0 Å². The molecule has 1 aromatic carbocycles. The molecule has 0 aliphatic carbocycles. The molecule has 0 fully saturated rings. The van der Waals surface area contributed by atoms with E-state index in [0.29, 0.717) is 22.4 Å². The molecular weight excluding hydrogens is 361 g/mol. The second-order valence-electron chi connectivity index (χ2n) is 5.96. The Bertz CT molecular complexity index is 1140. The van der Waals surface area contributed by atoms with Crippen LogP contribution in [-0.2, 0) is 0 Å². The van der Waals surface area contributed by atoms with Gasteiger partial charge < -0.3 is 9.84 Å². The Labute approximate surface area is 159 Å². The Hall–Kier alpha value is -3.94. The number of amides is 1. The lowest BCUT2D eigenvalue weighted by Gasteiger charge is -2.08. The molecule has 0 saturated carbocycles. The topological polar surface area (TPSA) is 93.8 Å². The van der Waals surface area contributed by atoms with Gasteiger partial charge in [0, 0.05) is 29.6 Å². The van der Waals surface area contributed by atoms with Gasteiger partial charge in [0.25, 0.3) is 11.8 Å². The Morgan fingerprint density at radius 1 is 1.07 bits per heavy atom. The van der Waals surface area contributed by atoms with Crippen LogP contribution in [0.5, 0.6) is 0 Å². The van der Waals surface area contributed by atoms with Crippen molar-refractivity contribution in [1.82, 2.24) is 20.1 Å². The van der Waals surface area contributed by atoms with Crippen molar-refractivity contribution >= 4 is 11.6 Å². The first-order chi connectivity index (χ1) is 13.6. The maximum absolute atomic E-state index is 13.5. The molecule has 0 spiro atoms. The summed E-state index contributed by atoms with van der Waals surface area (Å²) in [6.45, 7) is 1.77. The van der Waals surface area contributed by atoms with Gasteiger partial charge in [-0.25, -0.2) is 4.98 Å². The van der Waals surface area contributed by atoms with Gasteiger partial charge >= 0.3 is 0 Å². The summed E-state index contributed by atoms with van der Waals surface area (Å²) in [7, 11) is 0. The largest absolute Gasteiger partial charge is 0.334 e. The van der Waals surface area contributed by atoms with Crippen LogP contribution in [0.25, 0.3) is 22.8 Å². The van der Waals surface area contributed by atoms with Crippen molar-refractivity contribution in [3.8, 4) is 22.8 Å². The summed E-state index contributed by atoms with van der Waals surface area (Å²) < 4.78 is 18.8. The number of hydrogen-bond acceptors (Lipinski definition) is 6. The third kappa shape index (κ3) is 3.48. The van der Waals surface area contributed by atoms with E-state index in [2.05, 4.69) is 25.4 Å². The number of halogens is 1. The minimum absolute atomic E-state index is 0.166. The van der Waals surface area contributed by atoms with Crippen LogP contribution in [0.3, 0.4) is 0 Å². The van der Waals surface area contributed by atoms with E-state index in [1.165, 1.54) is 12.3 Å². The number of aromatic nitrogens is 4. The third-order valence-electron chi connectivity index (χ3n) is 4.04. The van der Waals surface area contributed by atoms with Crippen molar-refractivity contribution in [2.24, 2.45) is 0 Å². The number of carbonyl (C=O) groups is 1. The molecule has 3 aromatic heterocycles. The van der Waals surface area contributed by atoms with E-state index in [9.17, 15) is 9.18 Å². The smallest absolute Gasteiger partial charge is 0.274 e. The number of hydrogen-bond donors (Lipinski definition) is 1. The fourth-order valence-electron chi connectivity index (χ4n) is 2.64. The van der Waals surface area contributed by atoms with Gasteiger partial charge in [0.05, 0.1) is 5.69 Å². The molecule has 138 valence electrons. The van der Waals surface area contributed by atoms with Crippen molar-refractivity contribution in [1.29, 1.82) is 0 Å². The maximum atomic E-state index is 13.5. The van der Waals surface area contributed by atoms with Crippen molar-refractivity contribution in [3.05, 3.63) is 78.1 Å². The van der Waals surface area contributed by atoms with Crippen molar-refractivity contribution in [2.45, 2.75) is 6.92 Å². The second kappa shape index (κ2) is 7.36. The quantitative estimate of drug-likeness (QED) is 0.544. The molecule has 0 unspecified atom stereocenters. The van der Waals surface area contributed by atoms with Gasteiger partial charge in [-0.1, -0.05) is 23.4 Å². The molecule has 0 atom stereocenters. The zero-order chi connectivity index (χ0) is 19.5. The molecule has 3 heterocycles. The van der Waals surface area contributed by atoms with Crippen LogP contribution in [0.15, 0.2) is 65.4 Å². The number of rotatable bonds is 4. The Morgan fingerprint density at radius 2 is 1.89 bits per heavy atom. The zero-order valence-corrected chi connectivity index (χ0v) is 14.8. The Kier molecular flexibility index (Phi) is 4.59. The molecular formula is C20H14FN5O2. The van der Waals surface area contributed by atoms with E-state index >= 15 is 0 Å². The number of benzene rings is 1. The SMILES string of the molecule is Cc1cnc(F)cc1-c1nc(-c2ccccc2NC(=O)c2ccccn2)no1. The van der Waals surface area contributed by atoms with E-state index in [1.807, 2.05) is 0 Å². The molecule has 0 saturated heterocycles. The molecule has 4 rings (SSSR count). The van der Waals surface area contributed by atoms with Crippen LogP contribution >= 0.6 is 0 Å². The summed E-state index contributed by atoms with van der Waals surface area (Å²) in [6.07, 6.45) is 2.94. The van der Waals surface area contributed by atoms with E-state index in [-0.39, 0.29) is 23.3 Å². The van der Waals surface area contributed by atoms with Crippen molar-refractivity contribution < 1.29 is 13.7 Å². The molecule has 1 N–H and O–H groups in total. The van der Waals surface area contributed by atoms with Crippen molar-refractivity contribution in [2.75, 3.05) is 5.32 Å². The van der Waals surface area contributed by atoms with Crippen LogP contribution in [0.2, 0.25) is 0 Å². The van der Waals surface area contributed by atoms with Crippen LogP contribution in [0.4, 0.5) is 10.1 Å². The first-order valence-corrected chi connectivity index (χ1v) is 8.40. The number of nitrogens with zero attached hydrogens (tertiary/aromatic N) is 4. The molecule has 1 amide bonds. The van der Waals surface area contributed by atoms with E-state index in [4.69, 9.17) is 4.52 Å². The summed E-state index contributed by atoms with van der Waals surface area (Å²) in [5.74, 6) is -0.560. The van der Waals surface area contributed by atoms with Gasteiger partial charge in [0.1, 0.15) is 5.69 Å². The van der Waals surface area contributed by atoms with E-state index in [1.54, 1.807) is 55.6 Å². The molecule has 7 nitrogen and oxygen atoms in total. The Balaban J connectivity index is 1.67. The van der Waals surface area contributed by atoms with Crippen LogP contribution < -0.4 is 5.32 Å². The number of aryl methyl sites for hydroxylation is 1. The average molecular weight is 375 g/mol. The standard InChI is InChI=1S/C20H14FN5O2/c1-12-11-23-17(21)10-14(12)20-25-18(26-28-20)13-6-2-3-7-15(13)24-19(27)16-8-4-5-9-22-16/h2-11H,1H3,(H,24,27). The molecule has 0 bridgehead atoms. The predicted molar refractivity (Wildman–Crippen MR) is 99.9 cm³/mol. The number of carbonyl (C=O) groups excluding carboxylic acids is 1. The van der Waals surface area contributed by atoms with Crippen LogP contribution in [0.1, 0.15) is 16.1 Å². The van der Waals surface area contributed by atoms with E-state index < -0.39 is 5.95 Å². The van der Waals surface area contributed by atoms with Gasteiger partial charge in [-0.2, -0.15) is 9.37 Å². The lowest BCUT2D eigenvalue weighted by molar-refractivity contribution is 0.102. The highest BCUT2D eigenvalue weighted by Crippen LogP contribution is 2.29. The molecule has 0 radical (unpaired) electrons. The monoisotopic (exact) mass is 375 g/mol. The minimum Gasteiger partial charge on any atom is -0.334 e. The number of pyridine rings is 2. The summed E-state index contributed by atoms with van der Waals surface area (Å²) in [5, 5.41) is 6.78. The first kappa shape index (κ1) is 17.5. The predicted octanol–water partition coefficient (Wildman–Crippen LogP) is 3.89. The lowest BCUT2D eigenvalue weighted by Crippen LogP contribution is -2.14. The summed E-state index contributed by atoms with van der Waals surface area (Å²) in [5.41, 5.74) is 2.51. The summed E-state index contributed by atoms with van der Waals surface area (Å²) in [6, 6.07) is 13.4. The highest BCUT2D eigenvalue weighted by molar-refractivity contribution is 6.04. The molecule has 4 aromatic rings.